The summed E-state index contributed by atoms with van der Waals surface area (Å²) in [4.78, 5) is 46.2. The Balaban J connectivity index is 1.60. The molecule has 0 bridgehead atoms. The Bertz CT molecular complexity index is 1380. The number of carbonyl (C=O) groups excluding carboxylic acids is 1. The topological polar surface area (TPSA) is 159 Å². The first-order valence-corrected chi connectivity index (χ1v) is 11.0. The maximum absolute atomic E-state index is 12.3. The van der Waals surface area contributed by atoms with Crippen LogP contribution in [0.15, 0.2) is 21.7 Å². The van der Waals surface area contributed by atoms with Crippen molar-refractivity contribution < 1.29 is 13.2 Å². The molecule has 13 heteroatoms. The van der Waals surface area contributed by atoms with Gasteiger partial charge in [-0.25, -0.2) is 14.1 Å². The summed E-state index contributed by atoms with van der Waals surface area (Å²) in [6.45, 7) is 4.62. The van der Waals surface area contributed by atoms with Crippen LogP contribution < -0.4 is 21.3 Å². The molecule has 31 heavy (non-hydrogen) atoms. The van der Waals surface area contributed by atoms with Gasteiger partial charge in [0.05, 0.1) is 24.1 Å². The van der Waals surface area contributed by atoms with Gasteiger partial charge >= 0.3 is 15.9 Å². The van der Waals surface area contributed by atoms with Gasteiger partial charge in [-0.05, 0) is 37.1 Å². The molecule has 3 aliphatic rings. The van der Waals surface area contributed by atoms with E-state index in [1.165, 1.54) is 0 Å². The number of aromatic nitrogens is 4. The van der Waals surface area contributed by atoms with Crippen molar-refractivity contribution in [3.8, 4) is 11.5 Å². The average molecular weight is 447 g/mol. The Hall–Kier alpha value is -3.16. The average Bonchev–Trinajstić information content (AvgIpc) is 2.95. The van der Waals surface area contributed by atoms with Gasteiger partial charge in [0.15, 0.2) is 11.5 Å². The van der Waals surface area contributed by atoms with Crippen molar-refractivity contribution in [1.29, 1.82) is 0 Å². The summed E-state index contributed by atoms with van der Waals surface area (Å²) in [5.41, 5.74) is 2.05. The standard InChI is InChI=1S/C18H21N7O5S/c1-10-7-12-13(8-11(10)2)24(16-15(21-12)17(27)23-18(28)22-16)5-3-19-4-6-25-14(26)9-20-31(25,29)30/h7-8,19-20H,3-6,9H2,1-2H3,(H,23,27,28). The molecule has 0 aromatic heterocycles. The highest BCUT2D eigenvalue weighted by atomic mass is 32.2. The predicted molar refractivity (Wildman–Crippen MR) is 112 cm³/mol. The Kier molecular flexibility index (Phi) is 5.33. The lowest BCUT2D eigenvalue weighted by Crippen LogP contribution is -2.38. The number of carbonyl (C=O) groups is 1. The molecular formula is C18H21N7O5S. The highest BCUT2D eigenvalue weighted by Gasteiger charge is 2.33. The fourth-order valence-electron chi connectivity index (χ4n) is 3.47. The van der Waals surface area contributed by atoms with E-state index in [1.807, 2.05) is 26.0 Å². The Morgan fingerprint density at radius 3 is 2.48 bits per heavy atom. The molecule has 1 aromatic carbocycles. The first kappa shape index (κ1) is 21.1. The molecule has 0 spiro atoms. The van der Waals surface area contributed by atoms with Crippen molar-refractivity contribution >= 4 is 27.1 Å². The normalized spacial score (nSPS) is 15.9. The van der Waals surface area contributed by atoms with Crippen molar-refractivity contribution in [3.63, 3.8) is 0 Å². The van der Waals surface area contributed by atoms with Gasteiger partial charge in [0.2, 0.25) is 0 Å². The number of aryl methyl sites for hydroxylation is 2. The molecule has 0 aliphatic carbocycles. The second-order valence-electron chi connectivity index (χ2n) is 7.27. The number of hydrogen-bond donors (Lipinski definition) is 3. The number of nitrogens with zero attached hydrogens (tertiary/aromatic N) is 4. The summed E-state index contributed by atoms with van der Waals surface area (Å²) in [5, 5.41) is 3.08. The van der Waals surface area contributed by atoms with E-state index in [-0.39, 0.29) is 31.2 Å². The van der Waals surface area contributed by atoms with E-state index in [0.29, 0.717) is 18.6 Å². The molecule has 3 aliphatic heterocycles. The number of fused-ring (bicyclic) bond motifs is 2. The van der Waals surface area contributed by atoms with Crippen molar-refractivity contribution in [2.45, 2.75) is 20.4 Å². The molecule has 1 saturated heterocycles. The number of benzene rings is 1. The van der Waals surface area contributed by atoms with Crippen LogP contribution in [0.1, 0.15) is 11.1 Å². The molecule has 1 aromatic rings. The first-order chi connectivity index (χ1) is 14.7. The lowest BCUT2D eigenvalue weighted by Gasteiger charge is -2.18. The molecule has 0 saturated carbocycles. The minimum atomic E-state index is -3.75. The number of amides is 1. The summed E-state index contributed by atoms with van der Waals surface area (Å²) in [5.74, 6) is -0.327. The fraction of sp³-hybridized carbons (Fsp3) is 0.389. The van der Waals surface area contributed by atoms with Gasteiger partial charge in [0, 0.05) is 19.6 Å². The van der Waals surface area contributed by atoms with Crippen molar-refractivity contribution in [1.82, 2.24) is 33.9 Å². The van der Waals surface area contributed by atoms with Crippen LogP contribution in [0.2, 0.25) is 0 Å². The zero-order chi connectivity index (χ0) is 22.3. The highest BCUT2D eigenvalue weighted by Crippen LogP contribution is 2.23. The molecule has 0 unspecified atom stereocenters. The third kappa shape index (κ3) is 3.94. The number of aromatic amines is 1. The molecule has 3 N–H and O–H groups in total. The number of nitrogens with one attached hydrogen (secondary N) is 3. The van der Waals surface area contributed by atoms with Crippen molar-refractivity contribution in [3.05, 3.63) is 44.1 Å². The van der Waals surface area contributed by atoms with Gasteiger partial charge < -0.3 is 9.88 Å². The number of H-pyrrole nitrogens is 1. The Morgan fingerprint density at radius 2 is 1.77 bits per heavy atom. The van der Waals surface area contributed by atoms with E-state index in [2.05, 4.69) is 25.0 Å². The van der Waals surface area contributed by atoms with Gasteiger partial charge in [0.25, 0.3) is 11.5 Å². The third-order valence-electron chi connectivity index (χ3n) is 5.20. The van der Waals surface area contributed by atoms with Gasteiger partial charge in [-0.15, -0.1) is 0 Å². The monoisotopic (exact) mass is 447 g/mol. The van der Waals surface area contributed by atoms with Gasteiger partial charge in [-0.2, -0.15) is 18.1 Å². The minimum absolute atomic E-state index is 0.00238. The second kappa shape index (κ2) is 7.83. The van der Waals surface area contributed by atoms with Crippen molar-refractivity contribution in [2.24, 2.45) is 0 Å². The molecule has 4 rings (SSSR count). The van der Waals surface area contributed by atoms with Crippen LogP contribution in [0.3, 0.4) is 0 Å². The predicted octanol–water partition coefficient (Wildman–Crippen LogP) is -1.53. The molecular weight excluding hydrogens is 426 g/mol. The van der Waals surface area contributed by atoms with Crippen LogP contribution >= 0.6 is 0 Å². The maximum atomic E-state index is 12.3. The quantitative estimate of drug-likeness (QED) is 0.303. The summed E-state index contributed by atoms with van der Waals surface area (Å²) in [6.07, 6.45) is 0. The maximum Gasteiger partial charge on any atom is 0.349 e. The number of hydrogen-bond acceptors (Lipinski definition) is 8. The first-order valence-electron chi connectivity index (χ1n) is 9.60. The van der Waals surface area contributed by atoms with Crippen LogP contribution in [0.4, 0.5) is 0 Å². The summed E-state index contributed by atoms with van der Waals surface area (Å²) >= 11 is 0. The molecule has 3 heterocycles. The number of rotatable bonds is 6. The van der Waals surface area contributed by atoms with E-state index in [0.717, 1.165) is 20.9 Å². The molecule has 1 amide bonds. The summed E-state index contributed by atoms with van der Waals surface area (Å²) < 4.78 is 28.2. The van der Waals surface area contributed by atoms with Crippen LogP contribution in [0, 0.1) is 13.8 Å². The lowest BCUT2D eigenvalue weighted by molar-refractivity contribution is -0.124. The molecule has 0 radical (unpaired) electrons. The van der Waals surface area contributed by atoms with Crippen molar-refractivity contribution in [2.75, 3.05) is 26.2 Å². The SMILES string of the molecule is Cc1cc2nc3c(=O)[nH]c(=O)nc-3n(CCNCCN3C(=O)CNS3(=O)=O)c2cc1C. The second-order valence-corrected chi connectivity index (χ2v) is 8.95. The van der Waals surface area contributed by atoms with Gasteiger partial charge in [-0.1, -0.05) is 0 Å². The molecule has 164 valence electrons. The van der Waals surface area contributed by atoms with E-state index < -0.39 is 27.4 Å². The zero-order valence-corrected chi connectivity index (χ0v) is 17.7. The molecule has 12 nitrogen and oxygen atoms in total. The van der Waals surface area contributed by atoms with E-state index in [4.69, 9.17) is 0 Å². The molecule has 1 fully saturated rings. The van der Waals surface area contributed by atoms with Gasteiger partial charge in [-0.3, -0.25) is 14.6 Å². The smallest absolute Gasteiger partial charge is 0.321 e. The minimum Gasteiger partial charge on any atom is -0.321 e. The van der Waals surface area contributed by atoms with Crippen LogP contribution in [0.25, 0.3) is 22.6 Å². The third-order valence-corrected chi connectivity index (χ3v) is 6.68. The highest BCUT2D eigenvalue weighted by molar-refractivity contribution is 7.88. The van der Waals surface area contributed by atoms with Crippen LogP contribution in [-0.4, -0.2) is 64.3 Å². The van der Waals surface area contributed by atoms with E-state index in [1.54, 1.807) is 4.57 Å². The summed E-state index contributed by atoms with van der Waals surface area (Å²) in [6, 6.07) is 3.79. The van der Waals surface area contributed by atoms with Crippen LogP contribution in [-0.2, 0) is 21.5 Å². The lowest BCUT2D eigenvalue weighted by atomic mass is 10.1. The zero-order valence-electron chi connectivity index (χ0n) is 16.9. The summed E-state index contributed by atoms with van der Waals surface area (Å²) in [7, 11) is -3.75. The van der Waals surface area contributed by atoms with Crippen LogP contribution in [0.5, 0.6) is 0 Å². The van der Waals surface area contributed by atoms with E-state index in [9.17, 15) is 22.8 Å². The van der Waals surface area contributed by atoms with E-state index >= 15 is 0 Å². The molecule has 0 atom stereocenters. The largest absolute Gasteiger partial charge is 0.349 e. The van der Waals surface area contributed by atoms with Gasteiger partial charge in [0.1, 0.15) is 0 Å². The fourth-order valence-corrected chi connectivity index (χ4v) is 4.60. The Labute approximate surface area is 176 Å². The Morgan fingerprint density at radius 1 is 1.06 bits per heavy atom.